The molecule has 1 N–H and O–H groups in total. The molecule has 3 rings (SSSR count). The third-order valence-electron chi connectivity index (χ3n) is 4.06. The van der Waals surface area contributed by atoms with Gasteiger partial charge in [-0.2, -0.15) is 0 Å². The van der Waals surface area contributed by atoms with Crippen LogP contribution in [0, 0.1) is 12.8 Å². The van der Waals surface area contributed by atoms with Crippen molar-refractivity contribution in [2.75, 3.05) is 24.7 Å². The molecule has 2 aromatic rings. The highest BCUT2D eigenvalue weighted by atomic mass is 32.2. The average Bonchev–Trinajstić information content (AvgIpc) is 2.86. The molecule has 0 saturated carbocycles. The van der Waals surface area contributed by atoms with E-state index in [1.807, 2.05) is 0 Å². The van der Waals surface area contributed by atoms with Crippen molar-refractivity contribution >= 4 is 32.7 Å². The van der Waals surface area contributed by atoms with Crippen molar-refractivity contribution in [3.8, 4) is 0 Å². The van der Waals surface area contributed by atoms with Crippen LogP contribution in [0.3, 0.4) is 0 Å². The predicted octanol–water partition coefficient (Wildman–Crippen LogP) is 1.75. The second kappa shape index (κ2) is 5.93. The van der Waals surface area contributed by atoms with E-state index in [0.717, 1.165) is 5.52 Å². The van der Waals surface area contributed by atoms with Crippen molar-refractivity contribution in [3.63, 3.8) is 0 Å². The largest absolute Gasteiger partial charge is 0.441 e. The third-order valence-corrected chi connectivity index (χ3v) is 5.36. The lowest BCUT2D eigenvalue weighted by molar-refractivity contribution is -0.120. The van der Waals surface area contributed by atoms with Crippen LogP contribution in [0.25, 0.3) is 11.1 Å². The summed E-state index contributed by atoms with van der Waals surface area (Å²) < 4.78 is 29.8. The minimum atomic E-state index is -3.17. The first kappa shape index (κ1) is 15.9. The van der Waals surface area contributed by atoms with Crippen molar-refractivity contribution in [2.45, 2.75) is 19.8 Å². The number of anilines is 1. The zero-order chi connectivity index (χ0) is 16.6. The van der Waals surface area contributed by atoms with Crippen LogP contribution in [-0.4, -0.2) is 43.0 Å². The van der Waals surface area contributed by atoms with Crippen LogP contribution in [0.1, 0.15) is 18.7 Å². The van der Waals surface area contributed by atoms with E-state index in [1.165, 1.54) is 10.6 Å². The molecule has 1 amide bonds. The quantitative estimate of drug-likeness (QED) is 0.921. The van der Waals surface area contributed by atoms with Crippen LogP contribution in [0.4, 0.5) is 5.69 Å². The number of piperidine rings is 1. The summed E-state index contributed by atoms with van der Waals surface area (Å²) >= 11 is 0. The van der Waals surface area contributed by atoms with Crippen LogP contribution in [-0.2, 0) is 14.8 Å². The highest BCUT2D eigenvalue weighted by molar-refractivity contribution is 7.88. The number of aromatic nitrogens is 1. The van der Waals surface area contributed by atoms with E-state index >= 15 is 0 Å². The summed E-state index contributed by atoms with van der Waals surface area (Å²) in [7, 11) is -3.17. The van der Waals surface area contributed by atoms with Crippen LogP contribution < -0.4 is 5.32 Å². The Morgan fingerprint density at radius 2 is 2.04 bits per heavy atom. The van der Waals surface area contributed by atoms with Gasteiger partial charge in [-0.25, -0.2) is 17.7 Å². The van der Waals surface area contributed by atoms with Crippen molar-refractivity contribution < 1.29 is 17.6 Å². The van der Waals surface area contributed by atoms with Crippen molar-refractivity contribution in [1.29, 1.82) is 0 Å². The van der Waals surface area contributed by atoms with E-state index in [4.69, 9.17) is 4.42 Å². The zero-order valence-corrected chi connectivity index (χ0v) is 13.9. The van der Waals surface area contributed by atoms with Gasteiger partial charge >= 0.3 is 0 Å². The molecule has 1 aromatic carbocycles. The predicted molar refractivity (Wildman–Crippen MR) is 86.5 cm³/mol. The number of oxazole rings is 1. The number of hydrogen-bond donors (Lipinski definition) is 1. The number of nitrogens with one attached hydrogen (secondary N) is 1. The van der Waals surface area contributed by atoms with Gasteiger partial charge in [-0.1, -0.05) is 0 Å². The molecule has 2 heterocycles. The number of nitrogens with zero attached hydrogens (tertiary/aromatic N) is 2. The lowest BCUT2D eigenvalue weighted by Crippen LogP contribution is -2.40. The monoisotopic (exact) mass is 337 g/mol. The lowest BCUT2D eigenvalue weighted by atomic mass is 9.97. The minimum absolute atomic E-state index is 0.0891. The normalized spacial score (nSPS) is 17.5. The molecule has 1 saturated heterocycles. The van der Waals surface area contributed by atoms with E-state index in [9.17, 15) is 13.2 Å². The molecule has 0 radical (unpaired) electrons. The Morgan fingerprint density at radius 3 is 2.70 bits per heavy atom. The van der Waals surface area contributed by atoms with E-state index in [2.05, 4.69) is 10.3 Å². The fourth-order valence-electron chi connectivity index (χ4n) is 2.81. The molecular formula is C15H19N3O4S. The van der Waals surface area contributed by atoms with Gasteiger partial charge in [0.15, 0.2) is 11.5 Å². The van der Waals surface area contributed by atoms with Gasteiger partial charge in [-0.05, 0) is 25.0 Å². The third kappa shape index (κ3) is 3.53. The first-order chi connectivity index (χ1) is 10.8. The topological polar surface area (TPSA) is 92.5 Å². The molecule has 0 unspecified atom stereocenters. The Kier molecular flexibility index (Phi) is 4.11. The molecule has 23 heavy (non-hydrogen) atoms. The van der Waals surface area contributed by atoms with Gasteiger partial charge in [0, 0.05) is 37.7 Å². The Hall–Kier alpha value is -1.93. The molecule has 0 atom stereocenters. The summed E-state index contributed by atoms with van der Waals surface area (Å²) in [5, 5.41) is 2.87. The summed E-state index contributed by atoms with van der Waals surface area (Å²) in [6, 6.07) is 5.33. The van der Waals surface area contributed by atoms with Crippen LogP contribution in [0.2, 0.25) is 0 Å². The maximum absolute atomic E-state index is 12.3. The highest BCUT2D eigenvalue weighted by Gasteiger charge is 2.28. The lowest BCUT2D eigenvalue weighted by Gasteiger charge is -2.29. The Balaban J connectivity index is 1.64. The van der Waals surface area contributed by atoms with E-state index in [-0.39, 0.29) is 11.8 Å². The molecule has 124 valence electrons. The van der Waals surface area contributed by atoms with Crippen molar-refractivity contribution in [2.24, 2.45) is 5.92 Å². The van der Waals surface area contributed by atoms with Gasteiger partial charge in [0.25, 0.3) is 0 Å². The van der Waals surface area contributed by atoms with Crippen LogP contribution >= 0.6 is 0 Å². The maximum atomic E-state index is 12.3. The van der Waals surface area contributed by atoms with Crippen LogP contribution in [0.15, 0.2) is 22.6 Å². The Labute approximate surface area is 134 Å². The fourth-order valence-corrected chi connectivity index (χ4v) is 3.69. The number of hydrogen-bond acceptors (Lipinski definition) is 5. The standard InChI is InChI=1S/C15H19N3O4S/c1-10-16-13-4-3-12(9-14(13)22-10)17-15(19)11-5-7-18(8-6-11)23(2,20)21/h3-4,9,11H,5-8H2,1-2H3,(H,17,19). The molecule has 0 aliphatic carbocycles. The smallest absolute Gasteiger partial charge is 0.227 e. The van der Waals surface area contributed by atoms with Crippen LogP contribution in [0.5, 0.6) is 0 Å². The van der Waals surface area contributed by atoms with E-state index in [0.29, 0.717) is 43.1 Å². The molecule has 0 spiro atoms. The number of aryl methyl sites for hydroxylation is 1. The molecular weight excluding hydrogens is 318 g/mol. The summed E-state index contributed by atoms with van der Waals surface area (Å²) in [4.78, 5) is 16.6. The van der Waals surface area contributed by atoms with Crippen molar-refractivity contribution in [1.82, 2.24) is 9.29 Å². The van der Waals surface area contributed by atoms with Crippen molar-refractivity contribution in [3.05, 3.63) is 24.1 Å². The molecule has 1 aromatic heterocycles. The average molecular weight is 337 g/mol. The number of rotatable bonds is 3. The van der Waals surface area contributed by atoms with Gasteiger partial charge in [0.2, 0.25) is 15.9 Å². The highest BCUT2D eigenvalue weighted by Crippen LogP contribution is 2.23. The summed E-state index contributed by atoms with van der Waals surface area (Å²) in [6.07, 6.45) is 2.26. The number of carbonyl (C=O) groups excluding carboxylic acids is 1. The van der Waals surface area contributed by atoms with E-state index in [1.54, 1.807) is 25.1 Å². The summed E-state index contributed by atoms with van der Waals surface area (Å²) in [6.45, 7) is 2.54. The SMILES string of the molecule is Cc1nc2ccc(NC(=O)C3CCN(S(C)(=O)=O)CC3)cc2o1. The molecule has 0 bridgehead atoms. The molecule has 1 aliphatic rings. The van der Waals surface area contributed by atoms with Gasteiger partial charge < -0.3 is 9.73 Å². The Morgan fingerprint density at radius 1 is 1.35 bits per heavy atom. The first-order valence-corrected chi connectivity index (χ1v) is 9.31. The molecule has 7 nitrogen and oxygen atoms in total. The minimum Gasteiger partial charge on any atom is -0.441 e. The molecule has 1 aliphatic heterocycles. The Bertz CT molecular complexity index is 836. The second-order valence-electron chi connectivity index (χ2n) is 5.84. The summed E-state index contributed by atoms with van der Waals surface area (Å²) in [5.41, 5.74) is 2.04. The summed E-state index contributed by atoms with van der Waals surface area (Å²) in [5.74, 6) is 0.311. The number of carbonyl (C=O) groups is 1. The molecule has 8 heteroatoms. The fraction of sp³-hybridized carbons (Fsp3) is 0.467. The van der Waals surface area contributed by atoms with Gasteiger partial charge in [0.05, 0.1) is 6.26 Å². The maximum Gasteiger partial charge on any atom is 0.227 e. The number of benzene rings is 1. The molecule has 1 fully saturated rings. The number of fused-ring (bicyclic) bond motifs is 1. The van der Waals surface area contributed by atoms with Gasteiger partial charge in [-0.3, -0.25) is 4.79 Å². The van der Waals surface area contributed by atoms with Gasteiger partial charge in [-0.15, -0.1) is 0 Å². The number of amides is 1. The second-order valence-corrected chi connectivity index (χ2v) is 7.82. The zero-order valence-electron chi connectivity index (χ0n) is 13.1. The van der Waals surface area contributed by atoms with Gasteiger partial charge in [0.1, 0.15) is 5.52 Å². The first-order valence-electron chi connectivity index (χ1n) is 7.46. The number of sulfonamides is 1. The van der Waals surface area contributed by atoms with E-state index < -0.39 is 10.0 Å².